The van der Waals surface area contributed by atoms with Gasteiger partial charge in [-0.05, 0) is 96.3 Å². The van der Waals surface area contributed by atoms with Crippen LogP contribution in [0.4, 0.5) is 0 Å². The van der Waals surface area contributed by atoms with Gasteiger partial charge < -0.3 is 14.2 Å². The third-order valence-corrected chi connectivity index (χ3v) is 11.8. The number of esters is 3. The summed E-state index contributed by atoms with van der Waals surface area (Å²) in [5.74, 6) is -1.02. The molecule has 0 heterocycles. The molecule has 0 amide bonds. The maximum atomic E-state index is 12.8. The monoisotopic (exact) mass is 957 g/mol. The fourth-order valence-electron chi connectivity index (χ4n) is 7.53. The quantitative estimate of drug-likeness (QED) is 0.0262. The van der Waals surface area contributed by atoms with Crippen molar-refractivity contribution in [1.82, 2.24) is 0 Å². The van der Waals surface area contributed by atoms with E-state index in [9.17, 15) is 14.4 Å². The minimum absolute atomic E-state index is 0.110. The first-order valence-corrected chi connectivity index (χ1v) is 28.4. The lowest BCUT2D eigenvalue weighted by Gasteiger charge is -2.18. The van der Waals surface area contributed by atoms with Gasteiger partial charge in [-0.25, -0.2) is 0 Å². The molecule has 6 heteroatoms. The number of carbonyl (C=O) groups excluding carboxylic acids is 3. The van der Waals surface area contributed by atoms with Crippen LogP contribution in [-0.2, 0) is 28.6 Å². The predicted molar refractivity (Wildman–Crippen MR) is 297 cm³/mol. The van der Waals surface area contributed by atoms with Crippen LogP contribution >= 0.6 is 0 Å². The molecule has 0 rings (SSSR count). The van der Waals surface area contributed by atoms with Crippen LogP contribution in [0.3, 0.4) is 0 Å². The summed E-state index contributed by atoms with van der Waals surface area (Å²) >= 11 is 0. The van der Waals surface area contributed by atoms with E-state index in [2.05, 4.69) is 124 Å². The van der Waals surface area contributed by atoms with E-state index in [0.29, 0.717) is 12.8 Å². The second-order valence-corrected chi connectivity index (χ2v) is 18.5. The van der Waals surface area contributed by atoms with Crippen molar-refractivity contribution in [2.75, 3.05) is 13.2 Å². The molecule has 0 radical (unpaired) electrons. The van der Waals surface area contributed by atoms with Crippen molar-refractivity contribution in [3.8, 4) is 0 Å². The number of rotatable bonds is 50. The van der Waals surface area contributed by atoms with Gasteiger partial charge in [0.15, 0.2) is 6.10 Å². The van der Waals surface area contributed by atoms with E-state index >= 15 is 0 Å². The lowest BCUT2D eigenvalue weighted by Crippen LogP contribution is -2.30. The Labute approximate surface area is 425 Å². The van der Waals surface area contributed by atoms with Gasteiger partial charge in [-0.1, -0.05) is 246 Å². The van der Waals surface area contributed by atoms with Gasteiger partial charge in [-0.15, -0.1) is 0 Å². The molecule has 0 aliphatic heterocycles. The first kappa shape index (κ1) is 65.1. The number of hydrogen-bond acceptors (Lipinski definition) is 6. The molecule has 1 atom stereocenters. The minimum atomic E-state index is -0.821. The Kier molecular flexibility index (Phi) is 53.4. The van der Waals surface area contributed by atoms with Crippen molar-refractivity contribution in [1.29, 1.82) is 0 Å². The third-order valence-electron chi connectivity index (χ3n) is 11.8. The van der Waals surface area contributed by atoms with Crippen LogP contribution < -0.4 is 0 Å². The average molecular weight is 958 g/mol. The summed E-state index contributed by atoms with van der Waals surface area (Å²) in [6.07, 6.45) is 76.5. The SMILES string of the molecule is CC/C=C\C/C=C\C/C=C\C/C=C\C/C=C\C/C=C\CCC(=O)OC[C@@H](COC(=O)CCCCCCCCCCCCCCCCC)OC(=O)CCCCCC/C=C\C/C=C\C/C=C\CCCCC. The molecule has 69 heavy (non-hydrogen) atoms. The Balaban J connectivity index is 4.54. The molecule has 392 valence electrons. The zero-order valence-corrected chi connectivity index (χ0v) is 44.8. The normalized spacial score (nSPS) is 12.9. The fraction of sp³-hybridized carbons (Fsp3) is 0.667. The van der Waals surface area contributed by atoms with Gasteiger partial charge in [0.25, 0.3) is 0 Å². The van der Waals surface area contributed by atoms with Crippen LogP contribution in [0.15, 0.2) is 109 Å². The summed E-state index contributed by atoms with van der Waals surface area (Å²) in [6.45, 7) is 6.42. The zero-order valence-electron chi connectivity index (χ0n) is 44.8. The smallest absolute Gasteiger partial charge is 0.306 e. The van der Waals surface area contributed by atoms with Crippen LogP contribution in [0, 0.1) is 0 Å². The highest BCUT2D eigenvalue weighted by Gasteiger charge is 2.19. The van der Waals surface area contributed by atoms with Gasteiger partial charge in [0.1, 0.15) is 13.2 Å². The van der Waals surface area contributed by atoms with Crippen molar-refractivity contribution in [3.05, 3.63) is 109 Å². The van der Waals surface area contributed by atoms with Crippen molar-refractivity contribution < 1.29 is 28.6 Å². The van der Waals surface area contributed by atoms with Gasteiger partial charge in [0.2, 0.25) is 0 Å². The van der Waals surface area contributed by atoms with Crippen LogP contribution in [0.1, 0.15) is 252 Å². The third kappa shape index (κ3) is 54.9. The van der Waals surface area contributed by atoms with E-state index in [1.54, 1.807) is 0 Å². The number of allylic oxidation sites excluding steroid dienone is 18. The number of ether oxygens (including phenoxy) is 3. The van der Waals surface area contributed by atoms with E-state index in [1.807, 2.05) is 6.08 Å². The first-order valence-electron chi connectivity index (χ1n) is 28.4. The van der Waals surface area contributed by atoms with Crippen molar-refractivity contribution in [2.45, 2.75) is 258 Å². The largest absolute Gasteiger partial charge is 0.462 e. The molecular formula is C63H104O6. The Morgan fingerprint density at radius 1 is 0.304 bits per heavy atom. The van der Waals surface area contributed by atoms with E-state index in [4.69, 9.17) is 14.2 Å². The molecule has 0 aromatic carbocycles. The lowest BCUT2D eigenvalue weighted by atomic mass is 10.0. The Morgan fingerprint density at radius 3 is 1.00 bits per heavy atom. The summed E-state index contributed by atoms with van der Waals surface area (Å²) in [5.41, 5.74) is 0. The maximum Gasteiger partial charge on any atom is 0.306 e. The van der Waals surface area contributed by atoms with Gasteiger partial charge in [-0.2, -0.15) is 0 Å². The first-order chi connectivity index (χ1) is 34.0. The molecule has 0 bridgehead atoms. The van der Waals surface area contributed by atoms with Crippen molar-refractivity contribution >= 4 is 17.9 Å². The van der Waals surface area contributed by atoms with Gasteiger partial charge in [-0.3, -0.25) is 14.4 Å². The van der Waals surface area contributed by atoms with E-state index in [0.717, 1.165) is 103 Å². The van der Waals surface area contributed by atoms with Crippen LogP contribution in [-0.4, -0.2) is 37.2 Å². The van der Waals surface area contributed by atoms with E-state index in [1.165, 1.54) is 103 Å². The molecule has 0 saturated heterocycles. The van der Waals surface area contributed by atoms with Crippen LogP contribution in [0.5, 0.6) is 0 Å². The van der Waals surface area contributed by atoms with Gasteiger partial charge in [0, 0.05) is 19.3 Å². The van der Waals surface area contributed by atoms with Crippen molar-refractivity contribution in [2.24, 2.45) is 0 Å². The summed E-state index contributed by atoms with van der Waals surface area (Å²) in [7, 11) is 0. The Hall–Kier alpha value is -3.93. The van der Waals surface area contributed by atoms with Crippen LogP contribution in [0.25, 0.3) is 0 Å². The highest BCUT2D eigenvalue weighted by Crippen LogP contribution is 2.15. The summed E-state index contributed by atoms with van der Waals surface area (Å²) < 4.78 is 16.8. The lowest BCUT2D eigenvalue weighted by molar-refractivity contribution is -0.166. The maximum absolute atomic E-state index is 12.8. The predicted octanol–water partition coefficient (Wildman–Crippen LogP) is 19.1. The molecule has 0 aromatic rings. The van der Waals surface area contributed by atoms with Crippen molar-refractivity contribution in [3.63, 3.8) is 0 Å². The standard InChI is InChI=1S/C63H104O6/c1-4-7-10-13-16-19-22-25-28-30-31-33-35-38-41-44-47-50-53-56-62(65)68-59-60(58-67-61(64)55-52-49-46-43-40-37-34-27-24-21-18-15-12-9-6-3)69-63(66)57-54-51-48-45-42-39-36-32-29-26-23-20-17-14-11-8-5-2/h7,10,16-17,19-20,25-26,28-29,31,33,36,38-39,41,47,50,60H,4-6,8-9,11-15,18,21-24,27,30,32,34-35,37,40,42-46,48-49,51-59H2,1-3H3/b10-7-,19-16-,20-17-,28-25-,29-26-,33-31-,39-36-,41-38-,50-47-/t60-/m1/s1. The molecular weight excluding hydrogens is 853 g/mol. The molecule has 0 aromatic heterocycles. The number of unbranched alkanes of at least 4 members (excludes halogenated alkanes) is 21. The molecule has 0 fully saturated rings. The minimum Gasteiger partial charge on any atom is -0.462 e. The molecule has 0 aliphatic carbocycles. The van der Waals surface area contributed by atoms with Gasteiger partial charge >= 0.3 is 17.9 Å². The molecule has 0 unspecified atom stereocenters. The number of carbonyl (C=O) groups is 3. The summed E-state index contributed by atoms with van der Waals surface area (Å²) in [4.78, 5) is 38.1. The Morgan fingerprint density at radius 2 is 0.594 bits per heavy atom. The highest BCUT2D eigenvalue weighted by molar-refractivity contribution is 5.71. The zero-order chi connectivity index (χ0) is 50.0. The average Bonchev–Trinajstić information content (AvgIpc) is 3.35. The fourth-order valence-corrected chi connectivity index (χ4v) is 7.53. The Bertz CT molecular complexity index is 1420. The molecule has 0 aliphatic rings. The molecule has 0 N–H and O–H groups in total. The van der Waals surface area contributed by atoms with E-state index < -0.39 is 6.10 Å². The van der Waals surface area contributed by atoms with Gasteiger partial charge in [0.05, 0.1) is 0 Å². The van der Waals surface area contributed by atoms with Crippen LogP contribution in [0.2, 0.25) is 0 Å². The summed E-state index contributed by atoms with van der Waals surface area (Å²) in [6, 6.07) is 0. The highest BCUT2D eigenvalue weighted by atomic mass is 16.6. The number of hydrogen-bond donors (Lipinski definition) is 0. The molecule has 0 spiro atoms. The molecule has 6 nitrogen and oxygen atoms in total. The van der Waals surface area contributed by atoms with E-state index in [-0.39, 0.29) is 44.0 Å². The topological polar surface area (TPSA) is 78.9 Å². The molecule has 0 saturated carbocycles. The second kappa shape index (κ2) is 56.7. The second-order valence-electron chi connectivity index (χ2n) is 18.5. The summed E-state index contributed by atoms with van der Waals surface area (Å²) in [5, 5.41) is 0.